The first kappa shape index (κ1) is 52.5. The Bertz CT molecular complexity index is 3050. The molecule has 3 N–H and O–H groups in total. The van der Waals surface area contributed by atoms with Crippen molar-refractivity contribution in [3.63, 3.8) is 0 Å². The monoisotopic (exact) mass is 967 g/mol. The van der Waals surface area contributed by atoms with Crippen LogP contribution >= 0.6 is 0 Å². The molecular formula is C53H64AlLiN12O4. The Balaban J connectivity index is 0.000000206. The summed E-state index contributed by atoms with van der Waals surface area (Å²) in [4.78, 5) is 11.7. The van der Waals surface area contributed by atoms with E-state index in [1.165, 1.54) is 31.1 Å². The van der Waals surface area contributed by atoms with Crippen LogP contribution < -0.4 is 29.5 Å². The van der Waals surface area contributed by atoms with Gasteiger partial charge in [-0.3, -0.25) is 14.2 Å². The van der Waals surface area contributed by atoms with Gasteiger partial charge in [0.25, 0.3) is 0 Å². The van der Waals surface area contributed by atoms with Crippen molar-refractivity contribution in [2.45, 2.75) is 77.5 Å². The van der Waals surface area contributed by atoms with Crippen LogP contribution in [-0.2, 0) is 54.3 Å². The topological polar surface area (TPSA) is 177 Å². The molecule has 3 aliphatic rings. The number of nitrogens with one attached hydrogen (secondary N) is 2. The van der Waals surface area contributed by atoms with Crippen LogP contribution in [0.25, 0.3) is 44.8 Å². The van der Waals surface area contributed by atoms with Crippen LogP contribution in [0.1, 0.15) is 72.8 Å². The summed E-state index contributed by atoms with van der Waals surface area (Å²) in [5, 5.41) is 42.8. The molecule has 0 bridgehead atoms. The second-order valence-electron chi connectivity index (χ2n) is 17.8. The van der Waals surface area contributed by atoms with Gasteiger partial charge in [-0.2, -0.15) is 10.2 Å². The number of aryl methyl sites for hydroxylation is 6. The number of esters is 1. The van der Waals surface area contributed by atoms with E-state index in [9.17, 15) is 9.90 Å². The Hall–Kier alpha value is -6.30. The molecule has 2 atom stereocenters. The molecule has 16 nitrogen and oxygen atoms in total. The molecule has 0 radical (unpaired) electrons. The van der Waals surface area contributed by atoms with Crippen LogP contribution in [0, 0.1) is 13.8 Å². The van der Waals surface area contributed by atoms with Crippen molar-refractivity contribution < 1.29 is 39.7 Å². The Morgan fingerprint density at radius 1 is 0.718 bits per heavy atom. The van der Waals surface area contributed by atoms with E-state index in [0.717, 1.165) is 118 Å². The molecular weight excluding hydrogens is 903 g/mol. The number of carbonyl (C=O) groups excluding carboxylic acids is 1. The van der Waals surface area contributed by atoms with Crippen LogP contribution in [0.5, 0.6) is 0 Å². The molecule has 2 unspecified atom stereocenters. The van der Waals surface area contributed by atoms with Gasteiger partial charge in [-0.25, -0.2) is 9.36 Å². The Labute approximate surface area is 439 Å². The van der Waals surface area contributed by atoms with Crippen molar-refractivity contribution >= 4 is 34.7 Å². The van der Waals surface area contributed by atoms with E-state index < -0.39 is 0 Å². The molecule has 1 fully saturated rings. The normalized spacial score (nSPS) is 15.2. The van der Waals surface area contributed by atoms with Crippen molar-refractivity contribution in [3.8, 4) is 44.8 Å². The SMILES string of the molecule is C1CCOC1.COC(=O)Cc1cccc(NC2CCn3nnc(C)c3-c3ccc(-c4cnn(C)c4)cc32)c1.Cc1nnn2c1-c1ccc(-c3cnn(C)c3)cc1C(Nc1cccc(CCO)c1)CC2.[AlH3].[H-].[Li+]. The predicted octanol–water partition coefficient (Wildman–Crippen LogP) is 4.40. The number of hydrogen-bond donors (Lipinski definition) is 3. The number of aliphatic hydroxyl groups excluding tert-OH is 1. The molecule has 71 heavy (non-hydrogen) atoms. The quantitative estimate of drug-likeness (QED) is 0.130. The van der Waals surface area contributed by atoms with Gasteiger partial charge in [-0.1, -0.05) is 59.0 Å². The molecule has 0 spiro atoms. The summed E-state index contributed by atoms with van der Waals surface area (Å²) >= 11 is 0. The summed E-state index contributed by atoms with van der Waals surface area (Å²) in [5.74, 6) is -0.249. The molecule has 7 heterocycles. The summed E-state index contributed by atoms with van der Waals surface area (Å²) in [6.45, 7) is 7.72. The second kappa shape index (κ2) is 24.2. The minimum atomic E-state index is -0.249. The zero-order valence-corrected chi connectivity index (χ0v) is 41.0. The zero-order chi connectivity index (χ0) is 47.9. The first-order chi connectivity index (χ1) is 33.6. The van der Waals surface area contributed by atoms with Crippen molar-refractivity contribution in [3.05, 3.63) is 143 Å². The van der Waals surface area contributed by atoms with Crippen LogP contribution in [0.15, 0.2) is 110 Å². The van der Waals surface area contributed by atoms with Crippen molar-refractivity contribution in [1.29, 1.82) is 0 Å². The van der Waals surface area contributed by atoms with Gasteiger partial charge in [-0.15, -0.1) is 10.2 Å². The molecule has 8 aromatic rings. The van der Waals surface area contributed by atoms with Crippen LogP contribution in [0.4, 0.5) is 11.4 Å². The van der Waals surface area contributed by atoms with E-state index >= 15 is 0 Å². The molecule has 18 heteroatoms. The molecule has 3 aliphatic heterocycles. The smallest absolute Gasteiger partial charge is 1.00 e. The van der Waals surface area contributed by atoms with E-state index in [0.29, 0.717) is 6.42 Å². The third-order valence-corrected chi connectivity index (χ3v) is 12.8. The Morgan fingerprint density at radius 3 is 1.65 bits per heavy atom. The summed E-state index contributed by atoms with van der Waals surface area (Å²) in [5.41, 5.74) is 17.2. The predicted molar refractivity (Wildman–Crippen MR) is 277 cm³/mol. The van der Waals surface area contributed by atoms with Crippen molar-refractivity contribution in [2.24, 2.45) is 14.1 Å². The second-order valence-corrected chi connectivity index (χ2v) is 17.8. The van der Waals surface area contributed by atoms with Gasteiger partial charge < -0.3 is 26.6 Å². The van der Waals surface area contributed by atoms with Crippen molar-refractivity contribution in [2.75, 3.05) is 37.6 Å². The van der Waals surface area contributed by atoms with Crippen LogP contribution in [-0.4, -0.2) is 105 Å². The Kier molecular flexibility index (Phi) is 17.9. The van der Waals surface area contributed by atoms with Gasteiger partial charge >= 0.3 is 24.8 Å². The fraction of sp³-hybridized carbons (Fsp3) is 0.340. The van der Waals surface area contributed by atoms with Gasteiger partial charge in [0, 0.05) is 93.0 Å². The minimum absolute atomic E-state index is 0. The molecule has 11 rings (SSSR count). The van der Waals surface area contributed by atoms with Gasteiger partial charge in [0.2, 0.25) is 0 Å². The molecule has 0 aliphatic carbocycles. The fourth-order valence-electron chi connectivity index (χ4n) is 9.40. The largest absolute Gasteiger partial charge is 1.00 e. The van der Waals surface area contributed by atoms with E-state index in [4.69, 9.17) is 9.47 Å². The number of hydrogen-bond acceptors (Lipinski definition) is 12. The third-order valence-electron chi connectivity index (χ3n) is 12.8. The van der Waals surface area contributed by atoms with Crippen molar-refractivity contribution in [1.82, 2.24) is 49.5 Å². The number of benzene rings is 4. The average molecular weight is 967 g/mol. The van der Waals surface area contributed by atoms with Crippen LogP contribution in [0.3, 0.4) is 0 Å². The van der Waals surface area contributed by atoms with Crippen LogP contribution in [0.2, 0.25) is 0 Å². The number of aromatic nitrogens is 10. The van der Waals surface area contributed by atoms with Gasteiger partial charge in [-0.05, 0) is 116 Å². The number of aliphatic hydroxyl groups is 1. The summed E-state index contributed by atoms with van der Waals surface area (Å²) in [6.07, 6.45) is 13.0. The maximum atomic E-state index is 11.7. The number of nitrogens with zero attached hydrogens (tertiary/aromatic N) is 10. The van der Waals surface area contributed by atoms with E-state index in [-0.39, 0.29) is 68.7 Å². The number of ether oxygens (including phenoxy) is 2. The average Bonchev–Trinajstić information content (AvgIpc) is 4.23. The summed E-state index contributed by atoms with van der Waals surface area (Å²) < 4.78 is 17.4. The number of methoxy groups -OCH3 is 1. The molecule has 364 valence electrons. The first-order valence-electron chi connectivity index (χ1n) is 23.7. The summed E-state index contributed by atoms with van der Waals surface area (Å²) in [6, 6.07) is 29.6. The van der Waals surface area contributed by atoms with E-state index in [1.54, 1.807) is 0 Å². The first-order valence-corrected chi connectivity index (χ1v) is 23.7. The fourth-order valence-corrected chi connectivity index (χ4v) is 9.40. The van der Waals surface area contributed by atoms with Gasteiger partial charge in [0.05, 0.1) is 60.8 Å². The van der Waals surface area contributed by atoms with E-state index in [2.05, 4.69) is 90.0 Å². The Morgan fingerprint density at radius 2 is 1.21 bits per heavy atom. The molecule has 4 aromatic carbocycles. The molecule has 0 saturated carbocycles. The molecule has 4 aromatic heterocycles. The number of fused-ring (bicyclic) bond motifs is 6. The molecule has 1 saturated heterocycles. The molecule has 0 amide bonds. The van der Waals surface area contributed by atoms with Gasteiger partial charge in [0.1, 0.15) is 0 Å². The third kappa shape index (κ3) is 12.4. The number of carbonyl (C=O) groups is 1. The standard InChI is InChI=1S/C25H26N6O2.C24H26N6O.C4H8O.Al.Li.4H/c1-16-25-21-8-7-18(19-14-26-30(2)15-19)13-22(21)23(9-10-31(25)29-28-16)27-20-6-4-5-17(11-20)12-24(32)33-3;1-16-24-21-7-6-18(19-14-25-29(2)15-19)13-22(21)23(8-10-30(24)28-27-16)26-20-5-3-4-17(12-20)9-11-31;1-2-4-5-3-1;;;;;;/h4-8,11,13-15,23,27H,9-10,12H2,1-3H3;3-7,12-15,23,26,31H,8-11H2,1-2H3;1-4H2;;;;;;/q;;;;+1;;;;-1. The number of rotatable bonds is 10. The number of anilines is 2. The maximum absolute atomic E-state index is 11.7. The minimum Gasteiger partial charge on any atom is -1.00 e. The zero-order valence-electron chi connectivity index (χ0n) is 42.0. The summed E-state index contributed by atoms with van der Waals surface area (Å²) in [7, 11) is 5.27. The van der Waals surface area contributed by atoms with Gasteiger partial charge in [0.15, 0.2) is 17.4 Å². The maximum Gasteiger partial charge on any atom is 1.00 e. The van der Waals surface area contributed by atoms with E-state index in [1.807, 2.05) is 108 Å².